The van der Waals surface area contributed by atoms with Crippen LogP contribution in [0.4, 0.5) is 0 Å². The van der Waals surface area contributed by atoms with Crippen molar-refractivity contribution >= 4 is 0 Å². The lowest BCUT2D eigenvalue weighted by Gasteiger charge is -2.38. The number of hydrogen-bond acceptors (Lipinski definition) is 2. The molecule has 0 amide bonds. The smallest absolute Gasteiger partial charge is 0.0731 e. The Labute approximate surface area is 82.3 Å². The average Bonchev–Trinajstić information content (AvgIpc) is 2.32. The second kappa shape index (κ2) is 3.97. The summed E-state index contributed by atoms with van der Waals surface area (Å²) in [5.74, 6) is 0. The fraction of sp³-hybridized carbons (Fsp3) is 1.00. The molecule has 0 bridgehead atoms. The minimum Gasteiger partial charge on any atom is -0.374 e. The fourth-order valence-corrected chi connectivity index (χ4v) is 2.19. The minimum absolute atomic E-state index is 0.254. The van der Waals surface area contributed by atoms with Gasteiger partial charge in [-0.05, 0) is 54.1 Å². The Morgan fingerprint density at radius 3 is 2.31 bits per heavy atom. The molecular formula is C11H23NO. The van der Waals surface area contributed by atoms with Crippen molar-refractivity contribution in [3.8, 4) is 0 Å². The maximum absolute atomic E-state index is 5.87. The van der Waals surface area contributed by atoms with E-state index in [0.717, 1.165) is 0 Å². The monoisotopic (exact) mass is 185 g/mol. The first-order valence-corrected chi connectivity index (χ1v) is 5.33. The SMILES string of the molecule is CC(C)O[C@@H](C)[C@@]1(C)CCCN1C. The lowest BCUT2D eigenvalue weighted by molar-refractivity contribution is -0.0593. The fourth-order valence-electron chi connectivity index (χ4n) is 2.19. The number of likely N-dealkylation sites (tertiary alicyclic amines) is 1. The highest BCUT2D eigenvalue weighted by molar-refractivity contribution is 4.95. The summed E-state index contributed by atoms with van der Waals surface area (Å²) in [7, 11) is 2.20. The van der Waals surface area contributed by atoms with Crippen molar-refractivity contribution in [3.05, 3.63) is 0 Å². The van der Waals surface area contributed by atoms with Crippen molar-refractivity contribution in [2.24, 2.45) is 0 Å². The summed E-state index contributed by atoms with van der Waals surface area (Å²) in [6.45, 7) is 9.93. The number of rotatable bonds is 3. The average molecular weight is 185 g/mol. The lowest BCUT2D eigenvalue weighted by Crippen LogP contribution is -2.49. The predicted molar refractivity (Wildman–Crippen MR) is 56.0 cm³/mol. The third-order valence-corrected chi connectivity index (χ3v) is 3.40. The van der Waals surface area contributed by atoms with E-state index >= 15 is 0 Å². The summed E-state index contributed by atoms with van der Waals surface area (Å²) in [4.78, 5) is 2.43. The van der Waals surface area contributed by atoms with Gasteiger partial charge in [-0.15, -0.1) is 0 Å². The van der Waals surface area contributed by atoms with Gasteiger partial charge in [0.05, 0.1) is 12.2 Å². The highest BCUT2D eigenvalue weighted by Crippen LogP contribution is 2.32. The van der Waals surface area contributed by atoms with E-state index in [1.165, 1.54) is 19.4 Å². The largest absolute Gasteiger partial charge is 0.374 e. The zero-order valence-electron chi connectivity index (χ0n) is 9.63. The Morgan fingerprint density at radius 2 is 1.92 bits per heavy atom. The molecule has 1 aliphatic rings. The van der Waals surface area contributed by atoms with Gasteiger partial charge in [-0.3, -0.25) is 4.90 Å². The number of hydrogen-bond donors (Lipinski definition) is 0. The molecule has 1 heterocycles. The topological polar surface area (TPSA) is 12.5 Å². The normalized spacial score (nSPS) is 32.8. The van der Waals surface area contributed by atoms with Gasteiger partial charge >= 0.3 is 0 Å². The zero-order valence-corrected chi connectivity index (χ0v) is 9.63. The quantitative estimate of drug-likeness (QED) is 0.669. The molecule has 0 N–H and O–H groups in total. The van der Waals surface area contributed by atoms with E-state index in [2.05, 4.69) is 39.6 Å². The molecule has 1 rings (SSSR count). The zero-order chi connectivity index (χ0) is 10.1. The molecular weight excluding hydrogens is 162 g/mol. The van der Waals surface area contributed by atoms with Crippen molar-refractivity contribution in [1.82, 2.24) is 4.90 Å². The summed E-state index contributed by atoms with van der Waals surface area (Å²) < 4.78 is 5.87. The molecule has 0 radical (unpaired) electrons. The Bertz CT molecular complexity index is 169. The Hall–Kier alpha value is -0.0800. The van der Waals surface area contributed by atoms with Gasteiger partial charge in [-0.25, -0.2) is 0 Å². The summed E-state index contributed by atoms with van der Waals surface area (Å²) >= 11 is 0. The summed E-state index contributed by atoms with van der Waals surface area (Å²) in [5, 5.41) is 0. The number of nitrogens with zero attached hydrogens (tertiary/aromatic N) is 1. The van der Waals surface area contributed by atoms with E-state index in [1.807, 2.05) is 0 Å². The molecule has 2 heteroatoms. The number of ether oxygens (including phenoxy) is 1. The van der Waals surface area contributed by atoms with E-state index in [-0.39, 0.29) is 5.54 Å². The molecule has 78 valence electrons. The molecule has 13 heavy (non-hydrogen) atoms. The molecule has 0 aromatic carbocycles. The van der Waals surface area contributed by atoms with E-state index in [1.54, 1.807) is 0 Å². The summed E-state index contributed by atoms with van der Waals surface area (Å²) in [6, 6.07) is 0. The van der Waals surface area contributed by atoms with Gasteiger partial charge in [0.25, 0.3) is 0 Å². The van der Waals surface area contributed by atoms with Crippen LogP contribution in [0.5, 0.6) is 0 Å². The van der Waals surface area contributed by atoms with Gasteiger partial charge in [0, 0.05) is 5.54 Å². The van der Waals surface area contributed by atoms with Crippen molar-refractivity contribution < 1.29 is 4.74 Å². The Kier molecular flexibility index (Phi) is 3.36. The van der Waals surface area contributed by atoms with Gasteiger partial charge < -0.3 is 4.74 Å². The highest BCUT2D eigenvalue weighted by atomic mass is 16.5. The van der Waals surface area contributed by atoms with Crippen LogP contribution in [-0.2, 0) is 4.74 Å². The van der Waals surface area contributed by atoms with Crippen LogP contribution < -0.4 is 0 Å². The molecule has 2 nitrogen and oxygen atoms in total. The van der Waals surface area contributed by atoms with Crippen LogP contribution in [0.1, 0.15) is 40.5 Å². The van der Waals surface area contributed by atoms with Crippen molar-refractivity contribution in [2.75, 3.05) is 13.6 Å². The maximum atomic E-state index is 5.87. The molecule has 0 aromatic heterocycles. The van der Waals surface area contributed by atoms with Crippen LogP contribution in [0, 0.1) is 0 Å². The van der Waals surface area contributed by atoms with E-state index < -0.39 is 0 Å². The summed E-state index contributed by atoms with van der Waals surface area (Å²) in [6.07, 6.45) is 3.23. The van der Waals surface area contributed by atoms with Crippen molar-refractivity contribution in [3.63, 3.8) is 0 Å². The lowest BCUT2D eigenvalue weighted by atomic mass is 9.93. The van der Waals surface area contributed by atoms with Crippen LogP contribution in [-0.4, -0.2) is 36.2 Å². The van der Waals surface area contributed by atoms with E-state index in [4.69, 9.17) is 4.74 Å². The predicted octanol–water partition coefficient (Wildman–Crippen LogP) is 2.28. The second-order valence-electron chi connectivity index (χ2n) is 4.71. The molecule has 0 aliphatic carbocycles. The maximum Gasteiger partial charge on any atom is 0.0731 e. The third-order valence-electron chi connectivity index (χ3n) is 3.40. The van der Waals surface area contributed by atoms with E-state index in [0.29, 0.717) is 12.2 Å². The van der Waals surface area contributed by atoms with Gasteiger partial charge in [0.15, 0.2) is 0 Å². The molecule has 1 saturated heterocycles. The first-order valence-electron chi connectivity index (χ1n) is 5.33. The van der Waals surface area contributed by atoms with Crippen LogP contribution in [0.25, 0.3) is 0 Å². The van der Waals surface area contributed by atoms with Crippen molar-refractivity contribution in [2.45, 2.75) is 58.3 Å². The first-order chi connectivity index (χ1) is 5.97. The van der Waals surface area contributed by atoms with Crippen LogP contribution in [0.15, 0.2) is 0 Å². The van der Waals surface area contributed by atoms with Crippen LogP contribution >= 0.6 is 0 Å². The van der Waals surface area contributed by atoms with Gasteiger partial charge in [0.1, 0.15) is 0 Å². The molecule has 1 aliphatic heterocycles. The van der Waals surface area contributed by atoms with Crippen LogP contribution in [0.2, 0.25) is 0 Å². The van der Waals surface area contributed by atoms with Gasteiger partial charge in [0.2, 0.25) is 0 Å². The van der Waals surface area contributed by atoms with Crippen molar-refractivity contribution in [1.29, 1.82) is 0 Å². The Balaban J connectivity index is 2.57. The molecule has 1 fully saturated rings. The molecule has 0 spiro atoms. The standard InChI is InChI=1S/C11H23NO/c1-9(2)13-10(3)11(4)7-6-8-12(11)5/h9-10H,6-8H2,1-5H3/t10-,11+/m0/s1. The first kappa shape index (κ1) is 11.0. The molecule has 2 atom stereocenters. The van der Waals surface area contributed by atoms with Gasteiger partial charge in [-0.2, -0.15) is 0 Å². The third kappa shape index (κ3) is 2.23. The molecule has 0 saturated carbocycles. The van der Waals surface area contributed by atoms with Gasteiger partial charge in [-0.1, -0.05) is 0 Å². The summed E-state index contributed by atoms with van der Waals surface area (Å²) in [5.41, 5.74) is 0.254. The molecule has 0 aromatic rings. The highest BCUT2D eigenvalue weighted by Gasteiger charge is 2.39. The van der Waals surface area contributed by atoms with Crippen LogP contribution in [0.3, 0.4) is 0 Å². The second-order valence-corrected chi connectivity index (χ2v) is 4.71. The molecule has 0 unspecified atom stereocenters. The minimum atomic E-state index is 0.254. The Morgan fingerprint density at radius 1 is 1.31 bits per heavy atom. The number of likely N-dealkylation sites (N-methyl/N-ethyl adjacent to an activating group) is 1. The van der Waals surface area contributed by atoms with E-state index in [9.17, 15) is 0 Å².